The van der Waals surface area contributed by atoms with Gasteiger partial charge in [-0.25, -0.2) is 0 Å². The smallest absolute Gasteiger partial charge is 0.0139 e. The summed E-state index contributed by atoms with van der Waals surface area (Å²) in [5.41, 5.74) is 4.10. The highest BCUT2D eigenvalue weighted by Gasteiger charge is 2.28. The summed E-state index contributed by atoms with van der Waals surface area (Å²) in [4.78, 5) is 0. The van der Waals surface area contributed by atoms with E-state index in [9.17, 15) is 0 Å². The standard InChI is InChI=1S/C20H25N/c1-15(2)14-20-19(12-13-21-20)18-10-8-17(9-11-18)16-6-4-3-5-7-16/h3-11,15,19-21H,12-14H2,1-2H3. The van der Waals surface area contributed by atoms with Crippen LogP contribution < -0.4 is 5.32 Å². The van der Waals surface area contributed by atoms with Gasteiger partial charge in [-0.2, -0.15) is 0 Å². The molecule has 1 aliphatic heterocycles. The normalized spacial score (nSPS) is 21.9. The van der Waals surface area contributed by atoms with Crippen LogP contribution in [0.3, 0.4) is 0 Å². The molecule has 21 heavy (non-hydrogen) atoms. The van der Waals surface area contributed by atoms with Crippen LogP contribution in [-0.4, -0.2) is 12.6 Å². The third kappa shape index (κ3) is 3.36. The van der Waals surface area contributed by atoms with Gasteiger partial charge in [-0.1, -0.05) is 68.4 Å². The molecular formula is C20H25N. The summed E-state index contributed by atoms with van der Waals surface area (Å²) >= 11 is 0. The predicted octanol–water partition coefficient (Wildman–Crippen LogP) is 4.85. The number of benzene rings is 2. The molecule has 0 aromatic heterocycles. The Morgan fingerprint density at radius 1 is 0.952 bits per heavy atom. The number of hydrogen-bond acceptors (Lipinski definition) is 1. The molecule has 0 radical (unpaired) electrons. The van der Waals surface area contributed by atoms with E-state index in [0.29, 0.717) is 12.0 Å². The van der Waals surface area contributed by atoms with Crippen molar-refractivity contribution in [3.63, 3.8) is 0 Å². The molecule has 110 valence electrons. The average molecular weight is 279 g/mol. The third-order valence-corrected chi connectivity index (χ3v) is 4.52. The predicted molar refractivity (Wildman–Crippen MR) is 90.5 cm³/mol. The van der Waals surface area contributed by atoms with E-state index < -0.39 is 0 Å². The van der Waals surface area contributed by atoms with Crippen molar-refractivity contribution in [3.8, 4) is 11.1 Å². The van der Waals surface area contributed by atoms with Crippen LogP contribution in [0.15, 0.2) is 54.6 Å². The van der Waals surface area contributed by atoms with Crippen LogP contribution in [0, 0.1) is 5.92 Å². The maximum atomic E-state index is 3.68. The van der Waals surface area contributed by atoms with Gasteiger partial charge in [0.2, 0.25) is 0 Å². The minimum absolute atomic E-state index is 0.646. The molecule has 1 aliphatic rings. The molecule has 0 bridgehead atoms. The summed E-state index contributed by atoms with van der Waals surface area (Å²) in [7, 11) is 0. The zero-order chi connectivity index (χ0) is 14.7. The Balaban J connectivity index is 1.78. The number of nitrogens with one attached hydrogen (secondary N) is 1. The van der Waals surface area contributed by atoms with E-state index in [1.165, 1.54) is 29.5 Å². The van der Waals surface area contributed by atoms with Gasteiger partial charge in [0, 0.05) is 12.0 Å². The zero-order valence-corrected chi connectivity index (χ0v) is 13.0. The number of rotatable bonds is 4. The Morgan fingerprint density at radius 2 is 1.62 bits per heavy atom. The van der Waals surface area contributed by atoms with Gasteiger partial charge in [0.05, 0.1) is 0 Å². The minimum atomic E-state index is 0.646. The highest BCUT2D eigenvalue weighted by Crippen LogP contribution is 2.32. The second-order valence-electron chi connectivity index (χ2n) is 6.57. The van der Waals surface area contributed by atoms with E-state index in [1.54, 1.807) is 0 Å². The van der Waals surface area contributed by atoms with Gasteiger partial charge in [0.15, 0.2) is 0 Å². The third-order valence-electron chi connectivity index (χ3n) is 4.52. The molecule has 1 heteroatoms. The Bertz CT molecular complexity index is 556. The summed E-state index contributed by atoms with van der Waals surface area (Å²) in [6.07, 6.45) is 2.53. The molecule has 2 atom stereocenters. The van der Waals surface area contributed by atoms with Crippen molar-refractivity contribution in [1.29, 1.82) is 0 Å². The van der Waals surface area contributed by atoms with E-state index >= 15 is 0 Å². The van der Waals surface area contributed by atoms with Gasteiger partial charge in [-0.3, -0.25) is 0 Å². The maximum Gasteiger partial charge on any atom is 0.0139 e. The van der Waals surface area contributed by atoms with Crippen molar-refractivity contribution >= 4 is 0 Å². The molecule has 2 aromatic rings. The fraction of sp³-hybridized carbons (Fsp3) is 0.400. The highest BCUT2D eigenvalue weighted by molar-refractivity contribution is 5.63. The van der Waals surface area contributed by atoms with Crippen LogP contribution in [0.5, 0.6) is 0 Å². The first kappa shape index (κ1) is 14.3. The largest absolute Gasteiger partial charge is 0.313 e. The van der Waals surface area contributed by atoms with Crippen LogP contribution >= 0.6 is 0 Å². The van der Waals surface area contributed by atoms with Crippen molar-refractivity contribution in [1.82, 2.24) is 5.32 Å². The Labute approximate surface area is 128 Å². The topological polar surface area (TPSA) is 12.0 Å². The first-order valence-corrected chi connectivity index (χ1v) is 8.13. The molecule has 0 amide bonds. The Hall–Kier alpha value is -1.60. The summed E-state index contributed by atoms with van der Waals surface area (Å²) in [6, 6.07) is 20.5. The molecule has 2 unspecified atom stereocenters. The minimum Gasteiger partial charge on any atom is -0.313 e. The lowest BCUT2D eigenvalue weighted by molar-refractivity contribution is 0.434. The number of hydrogen-bond donors (Lipinski definition) is 1. The molecular weight excluding hydrogens is 254 g/mol. The zero-order valence-electron chi connectivity index (χ0n) is 13.0. The van der Waals surface area contributed by atoms with Gasteiger partial charge < -0.3 is 5.32 Å². The van der Waals surface area contributed by atoms with Crippen LogP contribution in [0.1, 0.15) is 38.2 Å². The highest BCUT2D eigenvalue weighted by atomic mass is 14.9. The first-order chi connectivity index (χ1) is 10.2. The quantitative estimate of drug-likeness (QED) is 0.844. The van der Waals surface area contributed by atoms with E-state index in [2.05, 4.69) is 73.8 Å². The van der Waals surface area contributed by atoms with Crippen molar-refractivity contribution in [2.75, 3.05) is 6.54 Å². The molecule has 0 spiro atoms. The molecule has 3 rings (SSSR count). The van der Waals surface area contributed by atoms with Crippen molar-refractivity contribution in [2.24, 2.45) is 5.92 Å². The summed E-state index contributed by atoms with van der Waals surface area (Å²) in [6.45, 7) is 5.79. The van der Waals surface area contributed by atoms with Crippen LogP contribution in [0.4, 0.5) is 0 Å². The molecule has 1 heterocycles. The van der Waals surface area contributed by atoms with Crippen molar-refractivity contribution < 1.29 is 0 Å². The lowest BCUT2D eigenvalue weighted by atomic mass is 9.87. The molecule has 1 nitrogen and oxygen atoms in total. The summed E-state index contributed by atoms with van der Waals surface area (Å²) in [5.74, 6) is 1.43. The van der Waals surface area contributed by atoms with Gasteiger partial charge in [0.25, 0.3) is 0 Å². The van der Waals surface area contributed by atoms with Crippen LogP contribution in [0.25, 0.3) is 11.1 Å². The van der Waals surface area contributed by atoms with Gasteiger partial charge in [-0.05, 0) is 42.0 Å². The Kier molecular flexibility index (Phi) is 4.40. The summed E-state index contributed by atoms with van der Waals surface area (Å²) in [5, 5.41) is 3.68. The molecule has 0 saturated carbocycles. The lowest BCUT2D eigenvalue weighted by Crippen LogP contribution is -2.27. The molecule has 1 N–H and O–H groups in total. The average Bonchev–Trinajstić information content (AvgIpc) is 2.96. The molecule has 1 fully saturated rings. The van der Waals surface area contributed by atoms with E-state index in [-0.39, 0.29) is 0 Å². The fourth-order valence-electron chi connectivity index (χ4n) is 3.48. The molecule has 0 aliphatic carbocycles. The Morgan fingerprint density at radius 3 is 2.29 bits per heavy atom. The first-order valence-electron chi connectivity index (χ1n) is 8.13. The SMILES string of the molecule is CC(C)CC1NCCC1c1ccc(-c2ccccc2)cc1. The van der Waals surface area contributed by atoms with Gasteiger partial charge >= 0.3 is 0 Å². The monoisotopic (exact) mass is 279 g/mol. The van der Waals surface area contributed by atoms with Crippen molar-refractivity contribution in [3.05, 3.63) is 60.2 Å². The van der Waals surface area contributed by atoms with E-state index in [1.807, 2.05) is 0 Å². The van der Waals surface area contributed by atoms with E-state index in [0.717, 1.165) is 12.5 Å². The molecule has 2 aromatic carbocycles. The van der Waals surface area contributed by atoms with Gasteiger partial charge in [-0.15, -0.1) is 0 Å². The van der Waals surface area contributed by atoms with Crippen LogP contribution in [-0.2, 0) is 0 Å². The van der Waals surface area contributed by atoms with E-state index in [4.69, 9.17) is 0 Å². The van der Waals surface area contributed by atoms with Crippen molar-refractivity contribution in [2.45, 2.75) is 38.6 Å². The second kappa shape index (κ2) is 6.44. The molecule has 1 saturated heterocycles. The lowest BCUT2D eigenvalue weighted by Gasteiger charge is -2.22. The summed E-state index contributed by atoms with van der Waals surface area (Å²) < 4.78 is 0. The van der Waals surface area contributed by atoms with Gasteiger partial charge in [0.1, 0.15) is 0 Å². The fourth-order valence-corrected chi connectivity index (χ4v) is 3.48. The maximum absolute atomic E-state index is 3.68. The second-order valence-corrected chi connectivity index (χ2v) is 6.57. The van der Waals surface area contributed by atoms with Crippen LogP contribution in [0.2, 0.25) is 0 Å².